The molecule has 2 aliphatic heterocycles. The highest BCUT2D eigenvalue weighted by Gasteiger charge is 2.29. The van der Waals surface area contributed by atoms with Gasteiger partial charge in [-0.3, -0.25) is 24.0 Å². The summed E-state index contributed by atoms with van der Waals surface area (Å²) < 4.78 is 12.4. The fourth-order valence-electron chi connectivity index (χ4n) is 4.43. The number of anilines is 1. The Balaban J connectivity index is 1.26. The Hall–Kier alpha value is -3.14. The summed E-state index contributed by atoms with van der Waals surface area (Å²) in [4.78, 5) is 37.3. The molecule has 0 spiro atoms. The molecule has 9 nitrogen and oxygen atoms in total. The van der Waals surface area contributed by atoms with E-state index in [9.17, 15) is 9.59 Å². The molecule has 10 heteroatoms. The normalized spacial score (nSPS) is 18.9. The summed E-state index contributed by atoms with van der Waals surface area (Å²) >= 11 is 5.84. The number of aromatic amines is 1. The molecular weight excluding hydrogens is 458 g/mol. The van der Waals surface area contributed by atoms with E-state index in [1.165, 1.54) is 10.6 Å². The number of rotatable bonds is 6. The topological polar surface area (TPSA) is 92.7 Å². The van der Waals surface area contributed by atoms with Crippen molar-refractivity contribution in [3.63, 3.8) is 0 Å². The van der Waals surface area contributed by atoms with E-state index in [1.807, 2.05) is 6.07 Å². The molecule has 0 aliphatic carbocycles. The minimum absolute atomic E-state index is 0.206. The van der Waals surface area contributed by atoms with Crippen molar-refractivity contribution >= 4 is 17.4 Å². The smallest absolute Gasteiger partial charge is 0.273 e. The van der Waals surface area contributed by atoms with Crippen LogP contribution in [0.15, 0.2) is 58.4 Å². The third-order valence-electron chi connectivity index (χ3n) is 6.27. The molecule has 2 fully saturated rings. The Bertz CT molecular complexity index is 1250. The lowest BCUT2D eigenvalue weighted by Crippen LogP contribution is -2.44. The summed E-state index contributed by atoms with van der Waals surface area (Å²) in [5.74, 6) is 1.17. The van der Waals surface area contributed by atoms with Crippen molar-refractivity contribution < 1.29 is 9.47 Å². The molecule has 5 heterocycles. The SMILES string of the molecule is O=c1[nH]c(N2CCC(N3CCOCC3)C2)ccc1-n1ccc(OCc2ccc(Cl)cn2)cc1=O. The van der Waals surface area contributed by atoms with E-state index in [0.717, 1.165) is 51.6 Å². The van der Waals surface area contributed by atoms with Gasteiger partial charge in [-0.25, -0.2) is 0 Å². The summed E-state index contributed by atoms with van der Waals surface area (Å²) in [5.41, 5.74) is 0.295. The lowest BCUT2D eigenvalue weighted by atomic mass is 10.2. The van der Waals surface area contributed by atoms with Gasteiger partial charge in [0.15, 0.2) is 0 Å². The average molecular weight is 484 g/mol. The van der Waals surface area contributed by atoms with E-state index in [2.05, 4.69) is 19.8 Å². The van der Waals surface area contributed by atoms with Crippen LogP contribution in [0, 0.1) is 0 Å². The molecule has 1 N–H and O–H groups in total. The second-order valence-corrected chi connectivity index (χ2v) is 8.86. The van der Waals surface area contributed by atoms with Crippen LogP contribution in [-0.4, -0.2) is 64.9 Å². The van der Waals surface area contributed by atoms with Crippen molar-refractivity contribution in [3.8, 4) is 11.4 Å². The van der Waals surface area contributed by atoms with Crippen LogP contribution in [0.5, 0.6) is 5.75 Å². The van der Waals surface area contributed by atoms with Crippen LogP contribution >= 0.6 is 11.6 Å². The largest absolute Gasteiger partial charge is 0.487 e. The molecule has 34 heavy (non-hydrogen) atoms. The number of nitrogens with zero attached hydrogens (tertiary/aromatic N) is 4. The van der Waals surface area contributed by atoms with Crippen LogP contribution in [0.3, 0.4) is 0 Å². The van der Waals surface area contributed by atoms with Crippen molar-refractivity contribution in [3.05, 3.63) is 80.2 Å². The molecule has 0 bridgehead atoms. The van der Waals surface area contributed by atoms with Crippen molar-refractivity contribution in [2.24, 2.45) is 0 Å². The molecule has 1 atom stereocenters. The van der Waals surface area contributed by atoms with E-state index in [1.54, 1.807) is 36.7 Å². The Morgan fingerprint density at radius 2 is 1.97 bits per heavy atom. The molecule has 0 saturated carbocycles. The van der Waals surface area contributed by atoms with Gasteiger partial charge < -0.3 is 19.4 Å². The summed E-state index contributed by atoms with van der Waals surface area (Å²) in [6, 6.07) is 10.5. The molecule has 2 saturated heterocycles. The fraction of sp³-hybridized carbons (Fsp3) is 0.375. The number of pyridine rings is 3. The number of ether oxygens (including phenoxy) is 2. The first-order valence-electron chi connectivity index (χ1n) is 11.3. The van der Waals surface area contributed by atoms with Crippen LogP contribution in [0.25, 0.3) is 5.69 Å². The van der Waals surface area contributed by atoms with Gasteiger partial charge in [0, 0.05) is 50.7 Å². The molecule has 5 rings (SSSR count). The van der Waals surface area contributed by atoms with E-state index in [0.29, 0.717) is 22.5 Å². The molecule has 2 aliphatic rings. The van der Waals surface area contributed by atoms with Gasteiger partial charge in [-0.05, 0) is 36.8 Å². The minimum Gasteiger partial charge on any atom is -0.487 e. The van der Waals surface area contributed by atoms with Crippen LogP contribution in [0.2, 0.25) is 5.02 Å². The van der Waals surface area contributed by atoms with Gasteiger partial charge >= 0.3 is 0 Å². The highest BCUT2D eigenvalue weighted by Crippen LogP contribution is 2.22. The number of H-pyrrole nitrogens is 1. The highest BCUT2D eigenvalue weighted by molar-refractivity contribution is 6.30. The van der Waals surface area contributed by atoms with E-state index in [4.69, 9.17) is 21.1 Å². The zero-order chi connectivity index (χ0) is 23.5. The lowest BCUT2D eigenvalue weighted by molar-refractivity contribution is 0.0209. The van der Waals surface area contributed by atoms with Gasteiger partial charge in [-0.15, -0.1) is 0 Å². The monoisotopic (exact) mass is 483 g/mol. The Kier molecular flexibility index (Phi) is 6.66. The highest BCUT2D eigenvalue weighted by atomic mass is 35.5. The first-order valence-corrected chi connectivity index (χ1v) is 11.7. The first kappa shape index (κ1) is 22.6. The van der Waals surface area contributed by atoms with Crippen LogP contribution < -0.4 is 20.8 Å². The van der Waals surface area contributed by atoms with Crippen LogP contribution in [0.1, 0.15) is 12.1 Å². The second kappa shape index (κ2) is 10.0. The molecule has 1 unspecified atom stereocenters. The number of aromatic nitrogens is 3. The fourth-order valence-corrected chi connectivity index (χ4v) is 4.54. The predicted octanol–water partition coefficient (Wildman–Crippen LogP) is 2.06. The van der Waals surface area contributed by atoms with Crippen LogP contribution in [0.4, 0.5) is 5.82 Å². The lowest BCUT2D eigenvalue weighted by Gasteiger charge is -2.32. The summed E-state index contributed by atoms with van der Waals surface area (Å²) in [6.07, 6.45) is 4.14. The molecule has 3 aromatic heterocycles. The van der Waals surface area contributed by atoms with Crippen LogP contribution in [-0.2, 0) is 11.3 Å². The average Bonchev–Trinajstić information content (AvgIpc) is 3.35. The third kappa shape index (κ3) is 5.01. The number of morpholine rings is 1. The van der Waals surface area contributed by atoms with Gasteiger partial charge in [0.1, 0.15) is 23.9 Å². The van der Waals surface area contributed by atoms with Crippen molar-refractivity contribution in [1.29, 1.82) is 0 Å². The van der Waals surface area contributed by atoms with Gasteiger partial charge in [0.05, 0.1) is 23.9 Å². The van der Waals surface area contributed by atoms with Crippen molar-refractivity contribution in [2.75, 3.05) is 44.3 Å². The Morgan fingerprint density at radius 1 is 1.12 bits per heavy atom. The maximum atomic E-state index is 12.8. The first-order chi connectivity index (χ1) is 16.6. The van der Waals surface area contributed by atoms with Gasteiger partial charge in [-0.1, -0.05) is 11.6 Å². The standard InChI is InChI=1S/C24H26ClN5O4/c25-17-1-2-18(26-14-17)16-34-20-6-8-30(23(31)13-20)21-3-4-22(27-24(21)32)29-7-5-19(15-29)28-9-11-33-12-10-28/h1-4,6,8,13-14,19H,5,7,9-12,15-16H2,(H,27,32). The minimum atomic E-state index is -0.353. The number of hydrogen-bond acceptors (Lipinski definition) is 7. The number of hydrogen-bond donors (Lipinski definition) is 1. The summed E-state index contributed by atoms with van der Waals surface area (Å²) in [6.45, 7) is 5.41. The zero-order valence-electron chi connectivity index (χ0n) is 18.7. The summed E-state index contributed by atoms with van der Waals surface area (Å²) in [5, 5.41) is 0.546. The second-order valence-electron chi connectivity index (χ2n) is 8.42. The number of halogens is 1. The van der Waals surface area contributed by atoms with Crippen molar-refractivity contribution in [2.45, 2.75) is 19.1 Å². The van der Waals surface area contributed by atoms with E-state index >= 15 is 0 Å². The quantitative estimate of drug-likeness (QED) is 0.573. The van der Waals surface area contributed by atoms with Crippen molar-refractivity contribution in [1.82, 2.24) is 19.4 Å². The van der Waals surface area contributed by atoms with Gasteiger partial charge in [0.25, 0.3) is 11.1 Å². The van der Waals surface area contributed by atoms with Gasteiger partial charge in [-0.2, -0.15) is 0 Å². The summed E-state index contributed by atoms with van der Waals surface area (Å²) in [7, 11) is 0. The van der Waals surface area contributed by atoms with E-state index in [-0.39, 0.29) is 23.4 Å². The molecule has 0 amide bonds. The Labute approximate surface area is 201 Å². The maximum Gasteiger partial charge on any atom is 0.273 e. The predicted molar refractivity (Wildman–Crippen MR) is 129 cm³/mol. The van der Waals surface area contributed by atoms with E-state index < -0.39 is 0 Å². The Morgan fingerprint density at radius 3 is 2.71 bits per heavy atom. The molecule has 178 valence electrons. The number of nitrogens with one attached hydrogen (secondary N) is 1. The molecular formula is C24H26ClN5O4. The van der Waals surface area contributed by atoms with Gasteiger partial charge in [0.2, 0.25) is 0 Å². The third-order valence-corrected chi connectivity index (χ3v) is 6.49. The molecule has 3 aromatic rings. The maximum absolute atomic E-state index is 12.8. The molecule has 0 aromatic carbocycles. The molecule has 0 radical (unpaired) electrons. The zero-order valence-corrected chi connectivity index (χ0v) is 19.4.